The lowest BCUT2D eigenvalue weighted by atomic mass is 10.0. The van der Waals surface area contributed by atoms with E-state index in [-0.39, 0.29) is 18.6 Å². The molecule has 5 nitrogen and oxygen atoms in total. The Morgan fingerprint density at radius 2 is 2.22 bits per heavy atom. The van der Waals surface area contributed by atoms with Gasteiger partial charge in [0.1, 0.15) is 5.69 Å². The van der Waals surface area contributed by atoms with Gasteiger partial charge in [0.05, 0.1) is 0 Å². The lowest BCUT2D eigenvalue weighted by Gasteiger charge is -2.22. The number of carbonyl (C=O) groups is 1. The maximum atomic E-state index is 11.5. The monoisotopic (exact) mass is 251 g/mol. The van der Waals surface area contributed by atoms with E-state index in [1.165, 1.54) is 0 Å². The summed E-state index contributed by atoms with van der Waals surface area (Å²) in [4.78, 5) is 15.5. The highest BCUT2D eigenvalue weighted by molar-refractivity contribution is 5.92. The maximum Gasteiger partial charge on any atom is 0.269 e. The highest BCUT2D eigenvalue weighted by atomic mass is 16.3. The molecule has 1 amide bonds. The van der Waals surface area contributed by atoms with Gasteiger partial charge in [-0.3, -0.25) is 9.78 Å². The molecule has 0 spiro atoms. The molecule has 0 aromatic carbocycles. The molecule has 1 unspecified atom stereocenters. The highest BCUT2D eigenvalue weighted by Crippen LogP contribution is 2.15. The van der Waals surface area contributed by atoms with Crippen LogP contribution in [0.4, 0.5) is 5.69 Å². The van der Waals surface area contributed by atoms with Crippen LogP contribution in [0.1, 0.15) is 30.8 Å². The van der Waals surface area contributed by atoms with Gasteiger partial charge in [-0.1, -0.05) is 13.8 Å². The zero-order valence-corrected chi connectivity index (χ0v) is 11.1. The van der Waals surface area contributed by atoms with E-state index in [2.05, 4.69) is 29.5 Å². The summed E-state index contributed by atoms with van der Waals surface area (Å²) in [7, 11) is 1.58. The fourth-order valence-electron chi connectivity index (χ4n) is 1.70. The van der Waals surface area contributed by atoms with Crippen LogP contribution in [-0.4, -0.2) is 35.7 Å². The number of pyridine rings is 1. The molecule has 1 aromatic heterocycles. The molecule has 5 heteroatoms. The second-order valence-corrected chi connectivity index (χ2v) is 4.52. The van der Waals surface area contributed by atoms with E-state index in [0.29, 0.717) is 18.0 Å². The van der Waals surface area contributed by atoms with Gasteiger partial charge in [0.15, 0.2) is 0 Å². The Morgan fingerprint density at radius 3 is 2.78 bits per heavy atom. The van der Waals surface area contributed by atoms with Crippen LogP contribution in [-0.2, 0) is 0 Å². The van der Waals surface area contributed by atoms with Crippen LogP contribution in [0, 0.1) is 5.92 Å². The summed E-state index contributed by atoms with van der Waals surface area (Å²) < 4.78 is 0. The molecular formula is C13H21N3O2. The Labute approximate surface area is 108 Å². The zero-order valence-electron chi connectivity index (χ0n) is 11.1. The van der Waals surface area contributed by atoms with Crippen LogP contribution in [0.15, 0.2) is 18.3 Å². The quantitative estimate of drug-likeness (QED) is 0.711. The molecule has 1 atom stereocenters. The van der Waals surface area contributed by atoms with Gasteiger partial charge in [0, 0.05) is 31.6 Å². The average molecular weight is 251 g/mol. The Balaban J connectivity index is 2.80. The first kappa shape index (κ1) is 14.4. The lowest BCUT2D eigenvalue weighted by molar-refractivity contribution is 0.0958. The standard InChI is InChI=1S/C13H21N3O2/c1-9(2)11(5-7-17)16-10-4-6-15-12(8-10)13(18)14-3/h4,6,8-9,11,17H,5,7H2,1-3H3,(H,14,18)(H,15,16). The minimum atomic E-state index is -0.207. The van der Waals surface area contributed by atoms with E-state index in [1.807, 2.05) is 6.07 Å². The third-order valence-electron chi connectivity index (χ3n) is 2.82. The van der Waals surface area contributed by atoms with E-state index in [1.54, 1.807) is 19.3 Å². The number of rotatable bonds is 6. The van der Waals surface area contributed by atoms with Gasteiger partial charge >= 0.3 is 0 Å². The third kappa shape index (κ3) is 4.00. The van der Waals surface area contributed by atoms with Crippen molar-refractivity contribution in [2.75, 3.05) is 19.0 Å². The molecule has 100 valence electrons. The number of nitrogens with one attached hydrogen (secondary N) is 2. The Bertz CT molecular complexity index is 394. The number of aliphatic hydroxyl groups is 1. The van der Waals surface area contributed by atoms with Crippen molar-refractivity contribution in [2.45, 2.75) is 26.3 Å². The minimum absolute atomic E-state index is 0.142. The van der Waals surface area contributed by atoms with Crippen LogP contribution in [0.3, 0.4) is 0 Å². The minimum Gasteiger partial charge on any atom is -0.396 e. The normalized spacial score (nSPS) is 12.3. The molecule has 0 radical (unpaired) electrons. The average Bonchev–Trinajstić information content (AvgIpc) is 2.37. The molecular weight excluding hydrogens is 230 g/mol. The summed E-state index contributed by atoms with van der Waals surface area (Å²) in [6.45, 7) is 4.32. The van der Waals surface area contributed by atoms with E-state index < -0.39 is 0 Å². The van der Waals surface area contributed by atoms with Crippen LogP contribution in [0.25, 0.3) is 0 Å². The first-order valence-corrected chi connectivity index (χ1v) is 6.14. The number of carbonyl (C=O) groups excluding carboxylic acids is 1. The van der Waals surface area contributed by atoms with Crippen molar-refractivity contribution in [1.82, 2.24) is 10.3 Å². The van der Waals surface area contributed by atoms with E-state index in [4.69, 9.17) is 5.11 Å². The van der Waals surface area contributed by atoms with Crippen LogP contribution in [0.2, 0.25) is 0 Å². The van der Waals surface area contributed by atoms with Crippen molar-refractivity contribution in [3.8, 4) is 0 Å². The highest BCUT2D eigenvalue weighted by Gasteiger charge is 2.13. The molecule has 0 aliphatic carbocycles. The van der Waals surface area contributed by atoms with Gasteiger partial charge < -0.3 is 15.7 Å². The largest absolute Gasteiger partial charge is 0.396 e. The Hall–Kier alpha value is -1.62. The van der Waals surface area contributed by atoms with Crippen molar-refractivity contribution in [2.24, 2.45) is 5.92 Å². The summed E-state index contributed by atoms with van der Waals surface area (Å²) in [6.07, 6.45) is 2.28. The number of aliphatic hydroxyl groups excluding tert-OH is 1. The van der Waals surface area contributed by atoms with Gasteiger partial charge in [-0.05, 0) is 24.5 Å². The molecule has 1 heterocycles. The number of amides is 1. The van der Waals surface area contributed by atoms with Crippen LogP contribution < -0.4 is 10.6 Å². The number of hydrogen-bond acceptors (Lipinski definition) is 4. The van der Waals surface area contributed by atoms with E-state index in [9.17, 15) is 4.79 Å². The first-order valence-electron chi connectivity index (χ1n) is 6.14. The zero-order chi connectivity index (χ0) is 13.5. The first-order chi connectivity index (χ1) is 8.58. The predicted molar refractivity (Wildman–Crippen MR) is 71.6 cm³/mol. The Morgan fingerprint density at radius 1 is 1.50 bits per heavy atom. The molecule has 0 aliphatic rings. The predicted octanol–water partition coefficient (Wildman–Crippen LogP) is 1.26. The van der Waals surface area contributed by atoms with Gasteiger partial charge in [-0.15, -0.1) is 0 Å². The van der Waals surface area contributed by atoms with Gasteiger partial charge in [-0.25, -0.2) is 0 Å². The summed E-state index contributed by atoms with van der Waals surface area (Å²) in [5.41, 5.74) is 1.23. The fourth-order valence-corrected chi connectivity index (χ4v) is 1.70. The van der Waals surface area contributed by atoms with Gasteiger partial charge in [0.2, 0.25) is 0 Å². The van der Waals surface area contributed by atoms with Crippen molar-refractivity contribution in [3.63, 3.8) is 0 Å². The SMILES string of the molecule is CNC(=O)c1cc(NC(CCO)C(C)C)ccn1. The molecule has 0 saturated carbocycles. The fraction of sp³-hybridized carbons (Fsp3) is 0.538. The molecule has 3 N–H and O–H groups in total. The number of hydrogen-bond donors (Lipinski definition) is 3. The molecule has 0 fully saturated rings. The molecule has 1 aromatic rings. The third-order valence-corrected chi connectivity index (χ3v) is 2.82. The topological polar surface area (TPSA) is 74.2 Å². The van der Waals surface area contributed by atoms with Gasteiger partial charge in [-0.2, -0.15) is 0 Å². The van der Waals surface area contributed by atoms with Crippen molar-refractivity contribution < 1.29 is 9.90 Å². The summed E-state index contributed by atoms with van der Waals surface area (Å²) in [6, 6.07) is 3.71. The van der Waals surface area contributed by atoms with Crippen LogP contribution >= 0.6 is 0 Å². The molecule has 0 bridgehead atoms. The summed E-state index contributed by atoms with van der Waals surface area (Å²) in [5, 5.41) is 14.9. The van der Waals surface area contributed by atoms with E-state index in [0.717, 1.165) is 5.69 Å². The summed E-state index contributed by atoms with van der Waals surface area (Å²) >= 11 is 0. The molecule has 0 saturated heterocycles. The smallest absolute Gasteiger partial charge is 0.269 e. The second-order valence-electron chi connectivity index (χ2n) is 4.52. The maximum absolute atomic E-state index is 11.5. The van der Waals surface area contributed by atoms with Crippen molar-refractivity contribution in [1.29, 1.82) is 0 Å². The molecule has 0 aliphatic heterocycles. The number of nitrogens with zero attached hydrogens (tertiary/aromatic N) is 1. The second kappa shape index (κ2) is 6.96. The number of aromatic nitrogens is 1. The van der Waals surface area contributed by atoms with E-state index >= 15 is 0 Å². The van der Waals surface area contributed by atoms with Crippen LogP contribution in [0.5, 0.6) is 0 Å². The van der Waals surface area contributed by atoms with Crippen molar-refractivity contribution in [3.05, 3.63) is 24.0 Å². The lowest BCUT2D eigenvalue weighted by Crippen LogP contribution is -2.27. The summed E-state index contributed by atoms with van der Waals surface area (Å²) in [5.74, 6) is 0.190. The molecule has 1 rings (SSSR count). The molecule has 18 heavy (non-hydrogen) atoms. The van der Waals surface area contributed by atoms with Gasteiger partial charge in [0.25, 0.3) is 5.91 Å². The number of anilines is 1. The Kier molecular flexibility index (Phi) is 5.58. The van der Waals surface area contributed by atoms with Crippen molar-refractivity contribution >= 4 is 11.6 Å².